The van der Waals surface area contributed by atoms with Crippen molar-refractivity contribution in [1.82, 2.24) is 18.7 Å². The molecule has 6 nitrogen and oxygen atoms in total. The third-order valence-electron chi connectivity index (χ3n) is 5.70. The molecule has 4 aromatic rings. The minimum atomic E-state index is -0.351. The molecule has 1 unspecified atom stereocenters. The number of benzene rings is 2. The lowest BCUT2D eigenvalue weighted by atomic mass is 10.1. The molecule has 0 aliphatic heterocycles. The number of aromatic nitrogens is 4. The van der Waals surface area contributed by atoms with E-state index in [4.69, 9.17) is 0 Å². The van der Waals surface area contributed by atoms with Crippen LogP contribution in [0.4, 0.5) is 0 Å². The number of hydrogen-bond acceptors (Lipinski definition) is 3. The summed E-state index contributed by atoms with van der Waals surface area (Å²) in [5.74, 6) is 0.151. The molecule has 0 bridgehead atoms. The zero-order chi connectivity index (χ0) is 22.3. The van der Waals surface area contributed by atoms with E-state index in [-0.39, 0.29) is 23.2 Å². The van der Waals surface area contributed by atoms with Crippen molar-refractivity contribution in [2.24, 2.45) is 5.92 Å². The Morgan fingerprint density at radius 1 is 0.968 bits per heavy atom. The van der Waals surface area contributed by atoms with Gasteiger partial charge in [0.25, 0.3) is 5.56 Å². The predicted octanol–water partition coefficient (Wildman–Crippen LogP) is 4.23. The fraction of sp³-hybridized carbons (Fsp3) is 0.320. The molecule has 160 valence electrons. The maximum Gasteiger partial charge on any atom is 0.337 e. The van der Waals surface area contributed by atoms with Gasteiger partial charge < -0.3 is 4.57 Å². The molecule has 0 spiro atoms. The molecular formula is C25H28N4O2. The molecule has 2 aromatic heterocycles. The standard InChI is InChI=1S/C25H28N4O2/c1-16(2)14-27-24(30)22-23(26-15-28(22)19(5)20-9-7-6-8-10-20)29(25(27)31)21-12-11-17(3)13-18(21)4/h6-13,15-16,19H,14H2,1-5H3. The highest BCUT2D eigenvalue weighted by atomic mass is 16.2. The summed E-state index contributed by atoms with van der Waals surface area (Å²) in [6.45, 7) is 10.4. The normalized spacial score (nSPS) is 12.6. The first-order valence-electron chi connectivity index (χ1n) is 10.6. The van der Waals surface area contributed by atoms with Crippen molar-refractivity contribution in [1.29, 1.82) is 0 Å². The first-order valence-corrected chi connectivity index (χ1v) is 10.6. The maximum atomic E-state index is 13.5. The van der Waals surface area contributed by atoms with E-state index in [1.807, 2.05) is 87.7 Å². The van der Waals surface area contributed by atoms with Crippen molar-refractivity contribution in [3.63, 3.8) is 0 Å². The summed E-state index contributed by atoms with van der Waals surface area (Å²) in [5, 5.41) is 0. The van der Waals surface area contributed by atoms with Crippen LogP contribution in [-0.4, -0.2) is 18.7 Å². The minimum Gasteiger partial charge on any atom is -0.317 e. The Kier molecular flexibility index (Phi) is 5.39. The molecular weight excluding hydrogens is 388 g/mol. The molecule has 0 radical (unpaired) electrons. The molecule has 0 fully saturated rings. The third kappa shape index (κ3) is 3.63. The Hall–Kier alpha value is -3.41. The van der Waals surface area contributed by atoms with Crippen LogP contribution >= 0.6 is 0 Å². The lowest BCUT2D eigenvalue weighted by Crippen LogP contribution is -2.41. The fourth-order valence-corrected chi connectivity index (χ4v) is 4.13. The first kappa shape index (κ1) is 20.8. The molecule has 0 N–H and O–H groups in total. The van der Waals surface area contributed by atoms with Crippen LogP contribution < -0.4 is 11.2 Å². The molecule has 6 heteroatoms. The van der Waals surface area contributed by atoms with Crippen LogP contribution in [0.15, 0.2) is 64.4 Å². The van der Waals surface area contributed by atoms with Crippen molar-refractivity contribution in [3.8, 4) is 5.69 Å². The van der Waals surface area contributed by atoms with Gasteiger partial charge in [-0.25, -0.2) is 14.3 Å². The lowest BCUT2D eigenvalue weighted by Gasteiger charge is -2.18. The van der Waals surface area contributed by atoms with Gasteiger partial charge in [-0.15, -0.1) is 0 Å². The summed E-state index contributed by atoms with van der Waals surface area (Å²) in [4.78, 5) is 31.6. The van der Waals surface area contributed by atoms with E-state index in [0.29, 0.717) is 17.7 Å². The second-order valence-corrected chi connectivity index (χ2v) is 8.63. The van der Waals surface area contributed by atoms with Crippen LogP contribution in [0.3, 0.4) is 0 Å². The monoisotopic (exact) mass is 416 g/mol. The second-order valence-electron chi connectivity index (χ2n) is 8.63. The van der Waals surface area contributed by atoms with E-state index in [2.05, 4.69) is 4.98 Å². The number of fused-ring (bicyclic) bond motifs is 1. The van der Waals surface area contributed by atoms with Crippen molar-refractivity contribution < 1.29 is 0 Å². The Balaban J connectivity index is 2.08. The average Bonchev–Trinajstić information content (AvgIpc) is 3.17. The minimum absolute atomic E-state index is 0.100. The summed E-state index contributed by atoms with van der Waals surface area (Å²) in [6, 6.07) is 15.8. The van der Waals surface area contributed by atoms with Crippen LogP contribution in [-0.2, 0) is 6.54 Å². The van der Waals surface area contributed by atoms with Gasteiger partial charge in [0.15, 0.2) is 11.2 Å². The number of aryl methyl sites for hydroxylation is 2. The van der Waals surface area contributed by atoms with Gasteiger partial charge in [-0.2, -0.15) is 0 Å². The van der Waals surface area contributed by atoms with Crippen LogP contribution in [0.1, 0.15) is 43.5 Å². The van der Waals surface area contributed by atoms with Crippen LogP contribution in [0.2, 0.25) is 0 Å². The predicted molar refractivity (Wildman–Crippen MR) is 124 cm³/mol. The first-order chi connectivity index (χ1) is 14.8. The van der Waals surface area contributed by atoms with Crippen LogP contribution in [0.5, 0.6) is 0 Å². The quantitative estimate of drug-likeness (QED) is 0.489. The molecule has 0 saturated heterocycles. The van der Waals surface area contributed by atoms with E-state index in [1.54, 1.807) is 10.9 Å². The highest BCUT2D eigenvalue weighted by Crippen LogP contribution is 2.23. The van der Waals surface area contributed by atoms with Gasteiger partial charge in [0.1, 0.15) is 0 Å². The van der Waals surface area contributed by atoms with Gasteiger partial charge in [0.05, 0.1) is 18.1 Å². The highest BCUT2D eigenvalue weighted by Gasteiger charge is 2.22. The fourth-order valence-electron chi connectivity index (χ4n) is 4.13. The van der Waals surface area contributed by atoms with E-state index < -0.39 is 0 Å². The molecule has 1 atom stereocenters. The second kappa shape index (κ2) is 8.02. The van der Waals surface area contributed by atoms with Gasteiger partial charge in [0, 0.05) is 6.54 Å². The third-order valence-corrected chi connectivity index (χ3v) is 5.70. The molecule has 0 saturated carbocycles. The highest BCUT2D eigenvalue weighted by molar-refractivity contribution is 5.73. The van der Waals surface area contributed by atoms with E-state index in [1.165, 1.54) is 4.57 Å². The van der Waals surface area contributed by atoms with Crippen molar-refractivity contribution >= 4 is 11.2 Å². The van der Waals surface area contributed by atoms with E-state index >= 15 is 0 Å². The van der Waals surface area contributed by atoms with E-state index in [0.717, 1.165) is 22.4 Å². The summed E-state index contributed by atoms with van der Waals surface area (Å²) < 4.78 is 4.81. The molecule has 0 amide bonds. The zero-order valence-corrected chi connectivity index (χ0v) is 18.7. The summed E-state index contributed by atoms with van der Waals surface area (Å²) in [5.41, 5.74) is 4.08. The average molecular weight is 417 g/mol. The SMILES string of the molecule is Cc1ccc(-n2c(=O)n(CC(C)C)c(=O)c3c2ncn3C(C)c2ccccc2)c(C)c1. The van der Waals surface area contributed by atoms with Crippen LogP contribution in [0.25, 0.3) is 16.9 Å². The number of hydrogen-bond donors (Lipinski definition) is 0. The van der Waals surface area contributed by atoms with Gasteiger partial charge in [0.2, 0.25) is 0 Å². The Labute approximate surface area is 181 Å². The Morgan fingerprint density at radius 3 is 2.32 bits per heavy atom. The van der Waals surface area contributed by atoms with Crippen molar-refractivity contribution in [2.75, 3.05) is 0 Å². The number of imidazole rings is 1. The van der Waals surface area contributed by atoms with E-state index in [9.17, 15) is 9.59 Å². The zero-order valence-electron chi connectivity index (χ0n) is 18.7. The largest absolute Gasteiger partial charge is 0.337 e. The Morgan fingerprint density at radius 2 is 1.68 bits per heavy atom. The summed E-state index contributed by atoms with van der Waals surface area (Å²) >= 11 is 0. The molecule has 31 heavy (non-hydrogen) atoms. The summed E-state index contributed by atoms with van der Waals surface area (Å²) in [6.07, 6.45) is 1.67. The Bertz CT molecular complexity index is 1360. The van der Waals surface area contributed by atoms with Crippen molar-refractivity contribution in [2.45, 2.75) is 47.2 Å². The number of nitrogens with zero attached hydrogens (tertiary/aromatic N) is 4. The van der Waals surface area contributed by atoms with Gasteiger partial charge >= 0.3 is 5.69 Å². The maximum absolute atomic E-state index is 13.5. The lowest BCUT2D eigenvalue weighted by molar-refractivity contribution is 0.488. The van der Waals surface area contributed by atoms with Gasteiger partial charge in [-0.05, 0) is 43.9 Å². The molecule has 4 rings (SSSR count). The molecule has 2 aromatic carbocycles. The smallest absolute Gasteiger partial charge is 0.317 e. The van der Waals surface area contributed by atoms with Gasteiger partial charge in [-0.1, -0.05) is 61.9 Å². The summed E-state index contributed by atoms with van der Waals surface area (Å²) in [7, 11) is 0. The molecule has 0 aliphatic carbocycles. The molecule has 2 heterocycles. The van der Waals surface area contributed by atoms with Crippen molar-refractivity contribution in [3.05, 3.63) is 92.4 Å². The van der Waals surface area contributed by atoms with Crippen LogP contribution in [0, 0.1) is 19.8 Å². The number of rotatable bonds is 5. The van der Waals surface area contributed by atoms with Gasteiger partial charge in [-0.3, -0.25) is 9.36 Å². The molecule has 0 aliphatic rings. The topological polar surface area (TPSA) is 61.8 Å².